The van der Waals surface area contributed by atoms with Crippen molar-refractivity contribution in [2.75, 3.05) is 19.0 Å². The fraction of sp³-hybridized carbons (Fsp3) is 0.412. The fourth-order valence-electron chi connectivity index (χ4n) is 2.16. The third kappa shape index (κ3) is 5.63. The second kappa shape index (κ2) is 9.44. The minimum absolute atomic E-state index is 0.0374. The molecule has 0 saturated heterocycles. The van der Waals surface area contributed by atoms with Crippen molar-refractivity contribution in [2.45, 2.75) is 33.1 Å². The van der Waals surface area contributed by atoms with Crippen molar-refractivity contribution < 1.29 is 23.9 Å². The van der Waals surface area contributed by atoms with Crippen LogP contribution in [0.5, 0.6) is 0 Å². The molecule has 0 atom stereocenters. The maximum Gasteiger partial charge on any atom is 0.348 e. The van der Waals surface area contributed by atoms with E-state index in [0.29, 0.717) is 15.7 Å². The Morgan fingerprint density at radius 2 is 2.08 bits per heavy atom. The first kappa shape index (κ1) is 20.1. The Balaban J connectivity index is 1.84. The van der Waals surface area contributed by atoms with Crippen LogP contribution in [0, 0.1) is 6.92 Å². The van der Waals surface area contributed by atoms with Gasteiger partial charge in [-0.1, -0.05) is 13.3 Å². The van der Waals surface area contributed by atoms with Crippen LogP contribution in [-0.4, -0.2) is 36.5 Å². The van der Waals surface area contributed by atoms with Gasteiger partial charge < -0.3 is 9.47 Å². The second-order valence-corrected chi connectivity index (χ2v) is 7.58. The van der Waals surface area contributed by atoms with Gasteiger partial charge in [0.25, 0.3) is 5.91 Å². The number of amides is 1. The van der Waals surface area contributed by atoms with Crippen LogP contribution in [0.3, 0.4) is 0 Å². The molecule has 0 aliphatic heterocycles. The van der Waals surface area contributed by atoms with Crippen LogP contribution in [-0.2, 0) is 31.9 Å². The highest BCUT2D eigenvalue weighted by molar-refractivity contribution is 7.14. The van der Waals surface area contributed by atoms with E-state index >= 15 is 0 Å². The number of ether oxygens (including phenoxy) is 2. The summed E-state index contributed by atoms with van der Waals surface area (Å²) in [5.41, 5.74) is 1.64. The normalized spacial score (nSPS) is 10.4. The van der Waals surface area contributed by atoms with Gasteiger partial charge in [0.05, 0.1) is 19.2 Å². The van der Waals surface area contributed by atoms with E-state index in [1.165, 1.54) is 29.8 Å². The Morgan fingerprint density at radius 1 is 1.31 bits per heavy atom. The lowest BCUT2D eigenvalue weighted by molar-refractivity contribution is -0.139. The van der Waals surface area contributed by atoms with E-state index < -0.39 is 24.5 Å². The second-order valence-electron chi connectivity index (χ2n) is 5.46. The third-order valence-corrected chi connectivity index (χ3v) is 5.31. The summed E-state index contributed by atoms with van der Waals surface area (Å²) in [5.74, 6) is -1.41. The van der Waals surface area contributed by atoms with Gasteiger partial charge in [-0.3, -0.25) is 14.9 Å². The highest BCUT2D eigenvalue weighted by Gasteiger charge is 2.16. The Bertz CT molecular complexity index is 797. The minimum atomic E-state index is -0.513. The molecule has 0 aliphatic carbocycles. The lowest BCUT2D eigenvalue weighted by Gasteiger charge is -2.03. The summed E-state index contributed by atoms with van der Waals surface area (Å²) < 4.78 is 9.62. The molecule has 140 valence electrons. The molecule has 2 heterocycles. The van der Waals surface area contributed by atoms with E-state index in [1.54, 1.807) is 5.38 Å². The Kier molecular flexibility index (Phi) is 7.28. The number of aryl methyl sites for hydroxylation is 2. The SMILES string of the molecule is CCCc1cc(C(=O)OCC(=O)Nc2nc(CC(=O)OC)cs2)sc1C. The number of thiophene rings is 1. The van der Waals surface area contributed by atoms with E-state index in [4.69, 9.17) is 4.74 Å². The van der Waals surface area contributed by atoms with E-state index in [1.807, 2.05) is 13.0 Å². The van der Waals surface area contributed by atoms with E-state index in [-0.39, 0.29) is 6.42 Å². The van der Waals surface area contributed by atoms with Gasteiger partial charge in [0.15, 0.2) is 11.7 Å². The molecule has 0 radical (unpaired) electrons. The molecule has 2 aromatic heterocycles. The number of rotatable bonds is 8. The van der Waals surface area contributed by atoms with E-state index in [9.17, 15) is 14.4 Å². The maximum atomic E-state index is 12.1. The standard InChI is InChI=1S/C17H20N2O5S2/c1-4-5-11-6-13(26-10(11)2)16(22)24-8-14(20)19-17-18-12(9-25-17)7-15(21)23-3/h6,9H,4-5,7-8H2,1-3H3,(H,18,19,20). The molecule has 2 aromatic rings. The van der Waals surface area contributed by atoms with Gasteiger partial charge in [-0.15, -0.1) is 22.7 Å². The summed E-state index contributed by atoms with van der Waals surface area (Å²) in [5, 5.41) is 4.53. The van der Waals surface area contributed by atoms with Crippen molar-refractivity contribution >= 4 is 45.7 Å². The molecule has 1 amide bonds. The third-order valence-electron chi connectivity index (χ3n) is 3.43. The topological polar surface area (TPSA) is 94.6 Å². The van der Waals surface area contributed by atoms with Gasteiger partial charge in [-0.05, 0) is 25.0 Å². The van der Waals surface area contributed by atoms with Crippen LogP contribution >= 0.6 is 22.7 Å². The predicted molar refractivity (Wildman–Crippen MR) is 99.8 cm³/mol. The van der Waals surface area contributed by atoms with Crippen molar-refractivity contribution in [2.24, 2.45) is 0 Å². The Labute approximate surface area is 159 Å². The summed E-state index contributed by atoms with van der Waals surface area (Å²) in [6.07, 6.45) is 1.95. The lowest BCUT2D eigenvalue weighted by atomic mass is 10.1. The van der Waals surface area contributed by atoms with Gasteiger partial charge in [-0.2, -0.15) is 0 Å². The number of nitrogens with one attached hydrogen (secondary N) is 1. The van der Waals surface area contributed by atoms with Gasteiger partial charge in [0, 0.05) is 10.3 Å². The molecule has 0 aliphatic rings. The highest BCUT2D eigenvalue weighted by atomic mass is 32.1. The van der Waals surface area contributed by atoms with Crippen molar-refractivity contribution in [1.29, 1.82) is 0 Å². The van der Waals surface area contributed by atoms with Gasteiger partial charge >= 0.3 is 11.9 Å². The van der Waals surface area contributed by atoms with Gasteiger partial charge in [-0.25, -0.2) is 9.78 Å². The molecule has 0 fully saturated rings. The zero-order valence-corrected chi connectivity index (χ0v) is 16.4. The van der Waals surface area contributed by atoms with E-state index in [0.717, 1.165) is 23.3 Å². The molecule has 0 saturated carbocycles. The zero-order valence-electron chi connectivity index (χ0n) is 14.8. The number of carbonyl (C=O) groups is 3. The van der Waals surface area contributed by atoms with Crippen LogP contribution in [0.2, 0.25) is 0 Å². The number of aromatic nitrogens is 1. The quantitative estimate of drug-likeness (QED) is 0.690. The molecule has 9 heteroatoms. The first-order valence-electron chi connectivity index (χ1n) is 8.00. The van der Waals surface area contributed by atoms with Crippen molar-refractivity contribution in [3.8, 4) is 0 Å². The number of methoxy groups -OCH3 is 1. The number of hydrogen-bond acceptors (Lipinski definition) is 8. The van der Waals surface area contributed by atoms with Crippen molar-refractivity contribution in [3.05, 3.63) is 32.5 Å². The molecule has 26 heavy (non-hydrogen) atoms. The first-order chi connectivity index (χ1) is 12.4. The number of carbonyl (C=O) groups excluding carboxylic acids is 3. The number of anilines is 1. The van der Waals surface area contributed by atoms with Crippen LogP contribution < -0.4 is 5.32 Å². The number of nitrogens with zero attached hydrogens (tertiary/aromatic N) is 1. The summed E-state index contributed by atoms with van der Waals surface area (Å²) in [6, 6.07) is 1.82. The largest absolute Gasteiger partial charge is 0.469 e. The molecule has 0 spiro atoms. The van der Waals surface area contributed by atoms with Crippen molar-refractivity contribution in [3.63, 3.8) is 0 Å². The molecule has 1 N–H and O–H groups in total. The van der Waals surface area contributed by atoms with E-state index in [2.05, 4.69) is 22.0 Å². The number of hydrogen-bond donors (Lipinski definition) is 1. The van der Waals surface area contributed by atoms with Crippen molar-refractivity contribution in [1.82, 2.24) is 4.98 Å². The first-order valence-corrected chi connectivity index (χ1v) is 9.70. The minimum Gasteiger partial charge on any atom is -0.469 e. The number of esters is 2. The summed E-state index contributed by atoms with van der Waals surface area (Å²) >= 11 is 2.55. The highest BCUT2D eigenvalue weighted by Crippen LogP contribution is 2.23. The lowest BCUT2D eigenvalue weighted by Crippen LogP contribution is -2.20. The summed E-state index contributed by atoms with van der Waals surface area (Å²) in [7, 11) is 1.30. The fourth-order valence-corrected chi connectivity index (χ4v) is 3.85. The predicted octanol–water partition coefficient (Wildman–Crippen LogP) is 2.98. The number of thiazole rings is 1. The molecule has 2 rings (SSSR count). The maximum absolute atomic E-state index is 12.1. The Hall–Kier alpha value is -2.26. The monoisotopic (exact) mass is 396 g/mol. The summed E-state index contributed by atoms with van der Waals surface area (Å²) in [6.45, 7) is 3.65. The summed E-state index contributed by atoms with van der Waals surface area (Å²) in [4.78, 5) is 40.9. The van der Waals surface area contributed by atoms with Crippen LogP contribution in [0.4, 0.5) is 5.13 Å². The Morgan fingerprint density at radius 3 is 2.77 bits per heavy atom. The average molecular weight is 396 g/mol. The molecular formula is C17H20N2O5S2. The smallest absolute Gasteiger partial charge is 0.348 e. The van der Waals surface area contributed by atoms with Gasteiger partial charge in [0.1, 0.15) is 4.88 Å². The van der Waals surface area contributed by atoms with Crippen LogP contribution in [0.1, 0.15) is 39.2 Å². The molecule has 0 bridgehead atoms. The van der Waals surface area contributed by atoms with Crippen LogP contribution in [0.15, 0.2) is 11.4 Å². The molecular weight excluding hydrogens is 376 g/mol. The van der Waals surface area contributed by atoms with Crippen LogP contribution in [0.25, 0.3) is 0 Å². The zero-order chi connectivity index (χ0) is 19.1. The molecule has 0 unspecified atom stereocenters. The van der Waals surface area contributed by atoms with Gasteiger partial charge in [0.2, 0.25) is 0 Å². The molecule has 0 aromatic carbocycles. The average Bonchev–Trinajstić information content (AvgIpc) is 3.19. The molecule has 7 nitrogen and oxygen atoms in total.